The highest BCUT2D eigenvalue weighted by molar-refractivity contribution is 7.91. The zero-order valence-corrected chi connectivity index (χ0v) is 13.8. The minimum atomic E-state index is -3.30. The Kier molecular flexibility index (Phi) is 3.42. The zero-order chi connectivity index (χ0) is 15.4. The van der Waals surface area contributed by atoms with Crippen molar-refractivity contribution in [1.29, 1.82) is 0 Å². The molecule has 0 aromatic carbocycles. The molecule has 0 bridgehead atoms. The Hall–Kier alpha value is -0.920. The first kappa shape index (κ1) is 15.0. The Morgan fingerprint density at radius 1 is 1.38 bits per heavy atom. The molecule has 1 atom stereocenters. The lowest BCUT2D eigenvalue weighted by Crippen LogP contribution is -2.44. The van der Waals surface area contributed by atoms with Crippen molar-refractivity contribution in [1.82, 2.24) is 9.97 Å². The van der Waals surface area contributed by atoms with E-state index in [0.29, 0.717) is 36.8 Å². The van der Waals surface area contributed by atoms with Gasteiger partial charge in [-0.05, 0) is 32.4 Å². The average molecular weight is 332 g/mol. The summed E-state index contributed by atoms with van der Waals surface area (Å²) in [4.78, 5) is 10.6. The summed E-state index contributed by atoms with van der Waals surface area (Å²) in [6, 6.07) is 0.125. The van der Waals surface area contributed by atoms with Gasteiger partial charge in [0.05, 0.1) is 30.7 Å². The summed E-state index contributed by atoms with van der Waals surface area (Å²) in [5.41, 5.74) is 1.20. The number of nitrogens with zero attached hydrogens (tertiary/aromatic N) is 3. The van der Waals surface area contributed by atoms with Crippen molar-refractivity contribution in [3.8, 4) is 0 Å². The molecule has 2 aliphatic heterocycles. The number of rotatable bonds is 1. The van der Waals surface area contributed by atoms with E-state index in [1.807, 2.05) is 6.92 Å². The number of hydrogen-bond acceptors (Lipinski definition) is 6. The van der Waals surface area contributed by atoms with Crippen LogP contribution in [0.15, 0.2) is 0 Å². The van der Waals surface area contributed by atoms with E-state index in [0.717, 1.165) is 0 Å². The molecule has 1 aromatic rings. The van der Waals surface area contributed by atoms with Crippen molar-refractivity contribution in [2.75, 3.05) is 24.7 Å². The van der Waals surface area contributed by atoms with E-state index in [-0.39, 0.29) is 17.1 Å². The standard InChI is InChI=1S/C13H18ClN3O3S/c1-8-6-20-5-4-17(8)11-9-7-21(18,19)13(2,3)10(9)15-12(14)16-11/h8H,4-7H2,1-3H3/t8-/m0/s1. The van der Waals surface area contributed by atoms with E-state index in [1.54, 1.807) is 13.8 Å². The van der Waals surface area contributed by atoms with Gasteiger partial charge in [-0.25, -0.2) is 18.4 Å². The van der Waals surface area contributed by atoms with E-state index in [1.165, 1.54) is 0 Å². The molecule has 0 amide bonds. The van der Waals surface area contributed by atoms with Crippen molar-refractivity contribution in [2.45, 2.75) is 37.3 Å². The Morgan fingerprint density at radius 3 is 2.76 bits per heavy atom. The number of fused-ring (bicyclic) bond motifs is 1. The molecule has 0 saturated carbocycles. The fourth-order valence-corrected chi connectivity index (χ4v) is 4.51. The summed E-state index contributed by atoms with van der Waals surface area (Å²) in [6.07, 6.45) is 0. The van der Waals surface area contributed by atoms with Crippen molar-refractivity contribution >= 4 is 27.3 Å². The molecule has 0 aliphatic carbocycles. The number of sulfone groups is 1. The monoisotopic (exact) mass is 331 g/mol. The summed E-state index contributed by atoms with van der Waals surface area (Å²) in [7, 11) is -3.30. The molecule has 2 aliphatic rings. The number of hydrogen-bond donors (Lipinski definition) is 0. The minimum absolute atomic E-state index is 0.0358. The second-order valence-corrected chi connectivity index (χ2v) is 8.91. The van der Waals surface area contributed by atoms with E-state index < -0.39 is 14.6 Å². The highest BCUT2D eigenvalue weighted by Crippen LogP contribution is 2.44. The number of halogens is 1. The largest absolute Gasteiger partial charge is 0.377 e. The first-order valence-corrected chi connectivity index (χ1v) is 8.90. The van der Waals surface area contributed by atoms with E-state index in [4.69, 9.17) is 16.3 Å². The summed E-state index contributed by atoms with van der Waals surface area (Å²) < 4.78 is 29.2. The van der Waals surface area contributed by atoms with Gasteiger partial charge in [-0.2, -0.15) is 0 Å². The van der Waals surface area contributed by atoms with Crippen LogP contribution in [0.5, 0.6) is 0 Å². The molecule has 21 heavy (non-hydrogen) atoms. The van der Waals surface area contributed by atoms with Gasteiger partial charge in [0.2, 0.25) is 5.28 Å². The number of ether oxygens (including phenoxy) is 1. The van der Waals surface area contributed by atoms with Crippen LogP contribution in [-0.2, 0) is 25.1 Å². The van der Waals surface area contributed by atoms with Gasteiger partial charge in [-0.3, -0.25) is 0 Å². The highest BCUT2D eigenvalue weighted by Gasteiger charge is 2.48. The molecular formula is C13H18ClN3O3S. The van der Waals surface area contributed by atoms with Crippen LogP contribution >= 0.6 is 11.6 Å². The molecule has 0 unspecified atom stereocenters. The van der Waals surface area contributed by atoms with E-state index >= 15 is 0 Å². The summed E-state index contributed by atoms with van der Waals surface area (Å²) in [6.45, 7) is 7.22. The molecule has 8 heteroatoms. The highest BCUT2D eigenvalue weighted by atomic mass is 35.5. The molecule has 0 spiro atoms. The fraction of sp³-hybridized carbons (Fsp3) is 0.692. The van der Waals surface area contributed by atoms with Crippen LogP contribution in [0.1, 0.15) is 32.0 Å². The molecular weight excluding hydrogens is 314 g/mol. The lowest BCUT2D eigenvalue weighted by molar-refractivity contribution is 0.0984. The van der Waals surface area contributed by atoms with Gasteiger partial charge < -0.3 is 9.64 Å². The van der Waals surface area contributed by atoms with Gasteiger partial charge in [0.25, 0.3) is 0 Å². The predicted octanol–water partition coefficient (Wildman–Crippen LogP) is 1.52. The Labute approximate surface area is 129 Å². The number of morpholine rings is 1. The van der Waals surface area contributed by atoms with Gasteiger partial charge in [0, 0.05) is 12.1 Å². The quantitative estimate of drug-likeness (QED) is 0.726. The Balaban J connectivity index is 2.18. The number of aromatic nitrogens is 2. The van der Waals surface area contributed by atoms with Crippen LogP contribution in [-0.4, -0.2) is 44.2 Å². The van der Waals surface area contributed by atoms with Crippen molar-refractivity contribution in [2.24, 2.45) is 0 Å². The molecule has 1 fully saturated rings. The molecule has 0 N–H and O–H groups in total. The van der Waals surface area contributed by atoms with Crippen LogP contribution < -0.4 is 4.90 Å². The van der Waals surface area contributed by atoms with E-state index in [2.05, 4.69) is 14.9 Å². The third kappa shape index (κ3) is 2.22. The number of anilines is 1. The minimum Gasteiger partial charge on any atom is -0.377 e. The molecule has 3 rings (SSSR count). The molecule has 6 nitrogen and oxygen atoms in total. The first-order chi connectivity index (χ1) is 9.74. The summed E-state index contributed by atoms with van der Waals surface area (Å²) in [5, 5.41) is 0.0904. The van der Waals surface area contributed by atoms with Crippen LogP contribution in [0.25, 0.3) is 0 Å². The van der Waals surface area contributed by atoms with Gasteiger partial charge in [-0.1, -0.05) is 0 Å². The van der Waals surface area contributed by atoms with E-state index in [9.17, 15) is 8.42 Å². The Bertz CT molecular complexity index is 690. The maximum Gasteiger partial charge on any atom is 0.224 e. The Morgan fingerprint density at radius 2 is 2.10 bits per heavy atom. The normalized spacial score (nSPS) is 26.7. The fourth-order valence-electron chi connectivity index (χ4n) is 2.87. The molecule has 3 heterocycles. The SMILES string of the molecule is C[C@H]1COCCN1c1nc(Cl)nc2c1CS(=O)(=O)C2(C)C. The second kappa shape index (κ2) is 4.79. The average Bonchev–Trinajstić information content (AvgIpc) is 2.57. The van der Waals surface area contributed by atoms with Crippen LogP contribution in [0.4, 0.5) is 5.82 Å². The van der Waals surface area contributed by atoms with Crippen LogP contribution in [0.2, 0.25) is 5.28 Å². The summed E-state index contributed by atoms with van der Waals surface area (Å²) >= 11 is 6.04. The summed E-state index contributed by atoms with van der Waals surface area (Å²) in [5.74, 6) is 0.598. The smallest absolute Gasteiger partial charge is 0.224 e. The maximum atomic E-state index is 12.4. The van der Waals surface area contributed by atoms with Crippen molar-refractivity contribution in [3.05, 3.63) is 16.5 Å². The molecule has 1 aromatic heterocycles. The van der Waals surface area contributed by atoms with Gasteiger partial charge in [0.1, 0.15) is 10.6 Å². The van der Waals surface area contributed by atoms with Crippen molar-refractivity contribution in [3.63, 3.8) is 0 Å². The van der Waals surface area contributed by atoms with Gasteiger partial charge >= 0.3 is 0 Å². The first-order valence-electron chi connectivity index (χ1n) is 6.87. The topological polar surface area (TPSA) is 72.4 Å². The second-order valence-electron chi connectivity index (χ2n) is 6.03. The molecule has 1 saturated heterocycles. The lowest BCUT2D eigenvalue weighted by atomic mass is 10.0. The lowest BCUT2D eigenvalue weighted by Gasteiger charge is -2.35. The zero-order valence-electron chi connectivity index (χ0n) is 12.3. The third-order valence-corrected chi connectivity index (χ3v) is 6.87. The van der Waals surface area contributed by atoms with Crippen LogP contribution in [0.3, 0.4) is 0 Å². The maximum absolute atomic E-state index is 12.4. The van der Waals surface area contributed by atoms with Crippen LogP contribution in [0, 0.1) is 0 Å². The van der Waals surface area contributed by atoms with Crippen molar-refractivity contribution < 1.29 is 13.2 Å². The van der Waals surface area contributed by atoms with Gasteiger partial charge in [-0.15, -0.1) is 0 Å². The molecule has 0 radical (unpaired) electrons. The molecule has 116 valence electrons. The third-order valence-electron chi connectivity index (χ3n) is 4.28. The van der Waals surface area contributed by atoms with Gasteiger partial charge in [0.15, 0.2) is 9.84 Å². The predicted molar refractivity (Wildman–Crippen MR) is 80.3 cm³/mol.